The maximum Gasteiger partial charge on any atom is 0.214 e. The highest BCUT2D eigenvalue weighted by Crippen LogP contribution is 2.18. The number of sulfonamides is 1. The van der Waals surface area contributed by atoms with Gasteiger partial charge in [0.05, 0.1) is 5.75 Å². The second kappa shape index (κ2) is 9.16. The van der Waals surface area contributed by atoms with Crippen LogP contribution in [0.5, 0.6) is 0 Å². The van der Waals surface area contributed by atoms with Crippen LogP contribution in [0.2, 0.25) is 0 Å². The first-order chi connectivity index (χ1) is 8.47. The number of hydrogen-bond donors (Lipinski definition) is 1. The van der Waals surface area contributed by atoms with Crippen molar-refractivity contribution in [1.29, 1.82) is 0 Å². The molecule has 4 nitrogen and oxygen atoms in total. The molecule has 1 rings (SSSR count). The van der Waals surface area contributed by atoms with Gasteiger partial charge in [0.15, 0.2) is 0 Å². The van der Waals surface area contributed by atoms with Crippen LogP contribution in [0.1, 0.15) is 46.5 Å². The largest absolute Gasteiger partial charge is 0.317 e. The lowest BCUT2D eigenvalue weighted by Crippen LogP contribution is -2.47. The Kier molecular flexibility index (Phi) is 9.24. The monoisotopic (exact) mass is 312 g/mol. The number of hydrogen-bond acceptors (Lipinski definition) is 3. The molecule has 1 aliphatic heterocycles. The zero-order valence-corrected chi connectivity index (χ0v) is 14.0. The predicted octanol–water partition coefficient (Wildman–Crippen LogP) is 2.25. The molecule has 19 heavy (non-hydrogen) atoms. The van der Waals surface area contributed by atoms with Crippen LogP contribution < -0.4 is 5.32 Å². The molecule has 0 aromatic rings. The zero-order chi connectivity index (χ0) is 13.6. The average Bonchev–Trinajstić information content (AvgIpc) is 2.34. The highest BCUT2D eigenvalue weighted by Gasteiger charge is 2.29. The van der Waals surface area contributed by atoms with E-state index in [1.807, 2.05) is 6.92 Å². The topological polar surface area (TPSA) is 49.4 Å². The molecule has 1 heterocycles. The van der Waals surface area contributed by atoms with Crippen LogP contribution >= 0.6 is 12.4 Å². The maximum absolute atomic E-state index is 12.4. The van der Waals surface area contributed by atoms with Gasteiger partial charge >= 0.3 is 0 Å². The summed E-state index contributed by atoms with van der Waals surface area (Å²) in [7, 11) is -3.07. The van der Waals surface area contributed by atoms with Crippen molar-refractivity contribution in [3.63, 3.8) is 0 Å². The van der Waals surface area contributed by atoms with E-state index in [0.29, 0.717) is 18.2 Å². The van der Waals surface area contributed by atoms with Crippen molar-refractivity contribution in [2.45, 2.75) is 52.5 Å². The van der Waals surface area contributed by atoms with Crippen LogP contribution in [0.25, 0.3) is 0 Å². The highest BCUT2D eigenvalue weighted by atomic mass is 35.5. The third-order valence-electron chi connectivity index (χ3n) is 3.47. The minimum Gasteiger partial charge on any atom is -0.317 e. The molecule has 0 amide bonds. The zero-order valence-electron chi connectivity index (χ0n) is 12.4. The summed E-state index contributed by atoms with van der Waals surface area (Å²) < 4.78 is 26.6. The molecule has 0 spiro atoms. The van der Waals surface area contributed by atoms with E-state index in [0.717, 1.165) is 38.8 Å². The van der Waals surface area contributed by atoms with E-state index in [-0.39, 0.29) is 18.4 Å². The summed E-state index contributed by atoms with van der Waals surface area (Å²) in [6.07, 6.45) is 3.54. The average molecular weight is 313 g/mol. The number of halogens is 1. The lowest BCUT2D eigenvalue weighted by molar-refractivity contribution is 0.262. The summed E-state index contributed by atoms with van der Waals surface area (Å²) in [6.45, 7) is 8.74. The number of rotatable bonds is 7. The Morgan fingerprint density at radius 1 is 1.26 bits per heavy atom. The van der Waals surface area contributed by atoms with Crippen molar-refractivity contribution in [3.8, 4) is 0 Å². The lowest BCUT2D eigenvalue weighted by Gasteiger charge is -2.33. The molecule has 0 aromatic carbocycles. The van der Waals surface area contributed by atoms with E-state index < -0.39 is 10.0 Å². The van der Waals surface area contributed by atoms with E-state index in [4.69, 9.17) is 0 Å². The smallest absolute Gasteiger partial charge is 0.214 e. The first-order valence-corrected chi connectivity index (χ1v) is 8.78. The van der Waals surface area contributed by atoms with Gasteiger partial charge < -0.3 is 5.32 Å². The quantitative estimate of drug-likeness (QED) is 0.784. The van der Waals surface area contributed by atoms with Crippen molar-refractivity contribution < 1.29 is 8.42 Å². The Hall–Kier alpha value is 0.160. The number of nitrogens with one attached hydrogen (secondary N) is 1. The Bertz CT molecular complexity index is 328. The molecule has 116 valence electrons. The number of nitrogens with zero attached hydrogens (tertiary/aromatic N) is 1. The van der Waals surface area contributed by atoms with Gasteiger partial charge in [-0.1, -0.05) is 20.8 Å². The predicted molar refractivity (Wildman–Crippen MR) is 83.4 cm³/mol. The summed E-state index contributed by atoms with van der Waals surface area (Å²) in [5, 5.41) is 3.29. The standard InChI is InChI=1S/C13H28N2O2S.ClH/c1-4-10-15(13-5-8-14-9-6-13)18(16,17)11-7-12(2)3;/h12-14H,4-11H2,1-3H3;1H. The molecular formula is C13H29ClN2O2S. The maximum atomic E-state index is 12.4. The van der Waals surface area contributed by atoms with Crippen molar-refractivity contribution in [1.82, 2.24) is 9.62 Å². The Balaban J connectivity index is 0.00000324. The third-order valence-corrected chi connectivity index (χ3v) is 5.42. The fourth-order valence-corrected chi connectivity index (χ4v) is 4.50. The minimum atomic E-state index is -3.07. The molecule has 0 aliphatic carbocycles. The molecule has 0 bridgehead atoms. The van der Waals surface area contributed by atoms with Gasteiger partial charge in [0.25, 0.3) is 0 Å². The van der Waals surface area contributed by atoms with Crippen molar-refractivity contribution in [2.24, 2.45) is 5.92 Å². The van der Waals surface area contributed by atoms with Crippen molar-refractivity contribution >= 4 is 22.4 Å². The van der Waals surface area contributed by atoms with Crippen LogP contribution in [-0.2, 0) is 10.0 Å². The summed E-state index contributed by atoms with van der Waals surface area (Å²) in [4.78, 5) is 0. The van der Waals surface area contributed by atoms with Crippen molar-refractivity contribution in [2.75, 3.05) is 25.4 Å². The van der Waals surface area contributed by atoms with E-state index >= 15 is 0 Å². The second-order valence-electron chi connectivity index (χ2n) is 5.59. The summed E-state index contributed by atoms with van der Waals surface area (Å²) in [5.41, 5.74) is 0. The molecule has 1 fully saturated rings. The summed E-state index contributed by atoms with van der Waals surface area (Å²) >= 11 is 0. The van der Waals surface area contributed by atoms with Crippen LogP contribution in [0.4, 0.5) is 0 Å². The first kappa shape index (κ1) is 19.2. The van der Waals surface area contributed by atoms with Crippen molar-refractivity contribution in [3.05, 3.63) is 0 Å². The molecule has 0 atom stereocenters. The Morgan fingerprint density at radius 2 is 1.84 bits per heavy atom. The minimum absolute atomic E-state index is 0. The molecule has 0 radical (unpaired) electrons. The van der Waals surface area contributed by atoms with E-state index in [1.165, 1.54) is 0 Å². The van der Waals surface area contributed by atoms with Crippen LogP contribution in [0, 0.1) is 5.92 Å². The van der Waals surface area contributed by atoms with Gasteiger partial charge in [-0.15, -0.1) is 12.4 Å². The SMILES string of the molecule is CCCN(C1CCNCC1)S(=O)(=O)CCC(C)C.Cl. The molecule has 1 N–H and O–H groups in total. The second-order valence-corrected chi connectivity index (χ2v) is 7.63. The van der Waals surface area contributed by atoms with Gasteiger partial charge in [-0.3, -0.25) is 0 Å². The van der Waals surface area contributed by atoms with Gasteiger partial charge in [-0.25, -0.2) is 8.42 Å². The first-order valence-electron chi connectivity index (χ1n) is 7.17. The fraction of sp³-hybridized carbons (Fsp3) is 1.00. The molecule has 1 saturated heterocycles. The van der Waals surface area contributed by atoms with Gasteiger partial charge in [-0.05, 0) is 44.7 Å². The van der Waals surface area contributed by atoms with Gasteiger partial charge in [0.1, 0.15) is 0 Å². The van der Waals surface area contributed by atoms with Crippen LogP contribution in [0.3, 0.4) is 0 Å². The molecule has 0 unspecified atom stereocenters. The molecular weight excluding hydrogens is 284 g/mol. The van der Waals surface area contributed by atoms with Gasteiger partial charge in [-0.2, -0.15) is 4.31 Å². The third kappa shape index (κ3) is 6.43. The Morgan fingerprint density at radius 3 is 2.32 bits per heavy atom. The van der Waals surface area contributed by atoms with Gasteiger partial charge in [0.2, 0.25) is 10.0 Å². The summed E-state index contributed by atoms with van der Waals surface area (Å²) in [6, 6.07) is 0.211. The Labute approximate surface area is 124 Å². The molecule has 6 heteroatoms. The lowest BCUT2D eigenvalue weighted by atomic mass is 10.1. The van der Waals surface area contributed by atoms with Crippen LogP contribution in [0.15, 0.2) is 0 Å². The molecule has 0 saturated carbocycles. The van der Waals surface area contributed by atoms with E-state index in [1.54, 1.807) is 4.31 Å². The van der Waals surface area contributed by atoms with E-state index in [2.05, 4.69) is 19.2 Å². The fourth-order valence-electron chi connectivity index (χ4n) is 2.37. The molecule has 0 aromatic heterocycles. The van der Waals surface area contributed by atoms with Crippen LogP contribution in [-0.4, -0.2) is 44.2 Å². The molecule has 1 aliphatic rings. The van der Waals surface area contributed by atoms with Gasteiger partial charge in [0, 0.05) is 12.6 Å². The number of piperidine rings is 1. The van der Waals surface area contributed by atoms with E-state index in [9.17, 15) is 8.42 Å². The normalized spacial score (nSPS) is 17.7. The highest BCUT2D eigenvalue weighted by molar-refractivity contribution is 7.89. The summed E-state index contributed by atoms with van der Waals surface area (Å²) in [5.74, 6) is 0.741.